The van der Waals surface area contributed by atoms with Gasteiger partial charge in [-0.25, -0.2) is 0 Å². The van der Waals surface area contributed by atoms with Crippen LogP contribution in [0.4, 0.5) is 0 Å². The molecule has 1 rings (SSSR count). The van der Waals surface area contributed by atoms with Gasteiger partial charge in [-0.1, -0.05) is 13.8 Å². The van der Waals surface area contributed by atoms with E-state index in [4.69, 9.17) is 0 Å². The summed E-state index contributed by atoms with van der Waals surface area (Å²) in [5, 5.41) is 7.27. The maximum atomic E-state index is 11.7. The Hall–Kier alpha value is -1.32. The second-order valence-corrected chi connectivity index (χ2v) is 4.17. The van der Waals surface area contributed by atoms with Crippen LogP contribution in [0.15, 0.2) is 6.07 Å². The normalized spacial score (nSPS) is 10.8. The van der Waals surface area contributed by atoms with Crippen molar-refractivity contribution in [3.8, 4) is 0 Å². The molecular formula is C12H21N3O. The first kappa shape index (κ1) is 12.7. The maximum absolute atomic E-state index is 11.7. The number of carbonyl (C=O) groups excluding carboxylic acids is 1. The number of aryl methyl sites for hydroxylation is 2. The van der Waals surface area contributed by atoms with Crippen molar-refractivity contribution in [2.75, 3.05) is 0 Å². The first-order chi connectivity index (χ1) is 7.56. The van der Waals surface area contributed by atoms with Gasteiger partial charge in [0.25, 0.3) is 0 Å². The van der Waals surface area contributed by atoms with Gasteiger partial charge in [0.1, 0.15) is 6.54 Å². The van der Waals surface area contributed by atoms with Gasteiger partial charge in [0, 0.05) is 11.7 Å². The van der Waals surface area contributed by atoms with Crippen LogP contribution in [-0.2, 0) is 11.3 Å². The number of amides is 1. The molecule has 0 atom stereocenters. The van der Waals surface area contributed by atoms with Crippen molar-refractivity contribution in [1.82, 2.24) is 15.1 Å². The molecule has 0 spiro atoms. The van der Waals surface area contributed by atoms with Crippen LogP contribution >= 0.6 is 0 Å². The Balaban J connectivity index is 2.54. The molecule has 4 heteroatoms. The van der Waals surface area contributed by atoms with Crippen molar-refractivity contribution in [3.05, 3.63) is 17.5 Å². The molecule has 0 aliphatic carbocycles. The van der Waals surface area contributed by atoms with E-state index in [1.165, 1.54) is 0 Å². The summed E-state index contributed by atoms with van der Waals surface area (Å²) in [6.45, 7) is 8.37. The van der Waals surface area contributed by atoms with Gasteiger partial charge in [-0.3, -0.25) is 9.48 Å². The molecule has 0 fully saturated rings. The molecule has 0 bridgehead atoms. The Morgan fingerprint density at radius 1 is 1.44 bits per heavy atom. The summed E-state index contributed by atoms with van der Waals surface area (Å²) in [6, 6.07) is 2.26. The van der Waals surface area contributed by atoms with E-state index in [1.54, 1.807) is 4.68 Å². The molecule has 0 aliphatic rings. The van der Waals surface area contributed by atoms with E-state index in [1.807, 2.05) is 19.9 Å². The second kappa shape index (κ2) is 5.68. The smallest absolute Gasteiger partial charge is 0.241 e. The molecule has 16 heavy (non-hydrogen) atoms. The molecule has 1 amide bonds. The largest absolute Gasteiger partial charge is 0.352 e. The van der Waals surface area contributed by atoms with Crippen LogP contribution in [0, 0.1) is 13.8 Å². The lowest BCUT2D eigenvalue weighted by atomic mass is 10.2. The fourth-order valence-corrected chi connectivity index (χ4v) is 1.74. The van der Waals surface area contributed by atoms with Gasteiger partial charge >= 0.3 is 0 Å². The highest BCUT2D eigenvalue weighted by atomic mass is 16.2. The van der Waals surface area contributed by atoms with Gasteiger partial charge in [-0.15, -0.1) is 0 Å². The van der Waals surface area contributed by atoms with Gasteiger partial charge in [0.05, 0.1) is 5.69 Å². The summed E-state index contributed by atoms with van der Waals surface area (Å²) in [5.74, 6) is 0.0416. The Morgan fingerprint density at radius 3 is 2.50 bits per heavy atom. The molecule has 0 saturated carbocycles. The van der Waals surface area contributed by atoms with Crippen LogP contribution in [0.2, 0.25) is 0 Å². The quantitative estimate of drug-likeness (QED) is 0.827. The summed E-state index contributed by atoms with van der Waals surface area (Å²) in [4.78, 5) is 11.7. The minimum atomic E-state index is 0.0416. The third-order valence-corrected chi connectivity index (χ3v) is 2.75. The molecule has 0 radical (unpaired) electrons. The highest BCUT2D eigenvalue weighted by Gasteiger charge is 2.10. The Labute approximate surface area is 97.0 Å². The fourth-order valence-electron chi connectivity index (χ4n) is 1.74. The number of hydrogen-bond donors (Lipinski definition) is 1. The molecule has 4 nitrogen and oxygen atoms in total. The first-order valence-corrected chi connectivity index (χ1v) is 5.87. The molecule has 1 aromatic rings. The molecule has 0 unspecified atom stereocenters. The van der Waals surface area contributed by atoms with Crippen molar-refractivity contribution >= 4 is 5.91 Å². The maximum Gasteiger partial charge on any atom is 0.241 e. The zero-order chi connectivity index (χ0) is 12.1. The minimum absolute atomic E-state index is 0.0416. The number of hydrogen-bond acceptors (Lipinski definition) is 2. The standard InChI is InChI=1S/C12H21N3O/c1-5-11(6-2)13-12(16)8-15-10(4)7-9(3)14-15/h7,11H,5-6,8H2,1-4H3,(H,13,16). The van der Waals surface area contributed by atoms with Gasteiger partial charge in [0.15, 0.2) is 0 Å². The number of rotatable bonds is 5. The van der Waals surface area contributed by atoms with Crippen LogP contribution in [0.5, 0.6) is 0 Å². The van der Waals surface area contributed by atoms with Gasteiger partial charge in [-0.05, 0) is 32.8 Å². The third-order valence-electron chi connectivity index (χ3n) is 2.75. The summed E-state index contributed by atoms with van der Waals surface area (Å²) < 4.78 is 1.74. The van der Waals surface area contributed by atoms with Gasteiger partial charge in [-0.2, -0.15) is 5.10 Å². The first-order valence-electron chi connectivity index (χ1n) is 5.87. The van der Waals surface area contributed by atoms with Crippen molar-refractivity contribution in [2.45, 2.75) is 53.1 Å². The summed E-state index contributed by atoms with van der Waals surface area (Å²) in [5.41, 5.74) is 1.98. The highest BCUT2D eigenvalue weighted by molar-refractivity contribution is 5.76. The molecule has 0 saturated heterocycles. The Kier molecular flexibility index (Phi) is 4.52. The number of carbonyl (C=O) groups is 1. The van der Waals surface area contributed by atoms with Gasteiger partial charge < -0.3 is 5.32 Å². The molecule has 90 valence electrons. The lowest BCUT2D eigenvalue weighted by molar-refractivity contribution is -0.122. The molecular weight excluding hydrogens is 202 g/mol. The van der Waals surface area contributed by atoms with Crippen molar-refractivity contribution in [1.29, 1.82) is 0 Å². The summed E-state index contributed by atoms with van der Waals surface area (Å²) in [7, 11) is 0. The zero-order valence-corrected chi connectivity index (χ0v) is 10.6. The summed E-state index contributed by atoms with van der Waals surface area (Å²) in [6.07, 6.45) is 1.94. The predicted octanol–water partition coefficient (Wildman–Crippen LogP) is 1.80. The third kappa shape index (κ3) is 3.36. The second-order valence-electron chi connectivity index (χ2n) is 4.17. The van der Waals surface area contributed by atoms with Crippen LogP contribution in [-0.4, -0.2) is 21.7 Å². The lowest BCUT2D eigenvalue weighted by Gasteiger charge is -2.14. The van der Waals surface area contributed by atoms with Crippen LogP contribution in [0.3, 0.4) is 0 Å². The lowest BCUT2D eigenvalue weighted by Crippen LogP contribution is -2.36. The Morgan fingerprint density at radius 2 is 2.06 bits per heavy atom. The van der Waals surface area contributed by atoms with E-state index in [9.17, 15) is 4.79 Å². The topological polar surface area (TPSA) is 46.9 Å². The van der Waals surface area contributed by atoms with E-state index in [0.717, 1.165) is 24.2 Å². The van der Waals surface area contributed by atoms with E-state index in [2.05, 4.69) is 24.3 Å². The SMILES string of the molecule is CCC(CC)NC(=O)Cn1nc(C)cc1C. The number of aromatic nitrogens is 2. The highest BCUT2D eigenvalue weighted by Crippen LogP contribution is 2.02. The average Bonchev–Trinajstić information content (AvgIpc) is 2.54. The molecule has 1 aromatic heterocycles. The molecule has 1 N–H and O–H groups in total. The van der Waals surface area contributed by atoms with Crippen molar-refractivity contribution in [3.63, 3.8) is 0 Å². The average molecular weight is 223 g/mol. The molecule has 0 aromatic carbocycles. The Bertz CT molecular complexity index is 353. The van der Waals surface area contributed by atoms with Crippen molar-refractivity contribution in [2.24, 2.45) is 0 Å². The molecule has 1 heterocycles. The van der Waals surface area contributed by atoms with Crippen LogP contribution in [0.1, 0.15) is 38.1 Å². The van der Waals surface area contributed by atoms with E-state index < -0.39 is 0 Å². The summed E-state index contributed by atoms with van der Waals surface area (Å²) >= 11 is 0. The van der Waals surface area contributed by atoms with Gasteiger partial charge in [0.2, 0.25) is 5.91 Å². The van der Waals surface area contributed by atoms with Crippen LogP contribution < -0.4 is 5.32 Å². The predicted molar refractivity (Wildman–Crippen MR) is 64.2 cm³/mol. The minimum Gasteiger partial charge on any atom is -0.352 e. The number of nitrogens with zero attached hydrogens (tertiary/aromatic N) is 2. The molecule has 0 aliphatic heterocycles. The van der Waals surface area contributed by atoms with E-state index in [0.29, 0.717) is 6.54 Å². The van der Waals surface area contributed by atoms with Crippen LogP contribution in [0.25, 0.3) is 0 Å². The fraction of sp³-hybridized carbons (Fsp3) is 0.667. The van der Waals surface area contributed by atoms with E-state index in [-0.39, 0.29) is 11.9 Å². The van der Waals surface area contributed by atoms with Crippen molar-refractivity contribution < 1.29 is 4.79 Å². The zero-order valence-electron chi connectivity index (χ0n) is 10.6. The van der Waals surface area contributed by atoms with E-state index >= 15 is 0 Å². The number of nitrogens with one attached hydrogen (secondary N) is 1. The monoisotopic (exact) mass is 223 g/mol.